The fraction of sp³-hybridized carbons (Fsp3) is 0.355. The Bertz CT molecular complexity index is 1310. The molecule has 1 aliphatic rings. The highest BCUT2D eigenvalue weighted by atomic mass is 32.2. The number of hydrogen-bond acceptors (Lipinski definition) is 4. The van der Waals surface area contributed by atoms with Crippen molar-refractivity contribution < 1.29 is 13.2 Å². The van der Waals surface area contributed by atoms with E-state index in [4.69, 9.17) is 0 Å². The smallest absolute Gasteiger partial charge is 0.264 e. The summed E-state index contributed by atoms with van der Waals surface area (Å²) in [6.07, 6.45) is 12.3. The number of anilines is 1. The molecule has 38 heavy (non-hydrogen) atoms. The molecule has 0 spiro atoms. The second-order valence-electron chi connectivity index (χ2n) is 10.4. The van der Waals surface area contributed by atoms with Gasteiger partial charge in [0.15, 0.2) is 0 Å². The van der Waals surface area contributed by atoms with E-state index < -0.39 is 10.0 Å². The van der Waals surface area contributed by atoms with Crippen molar-refractivity contribution >= 4 is 27.8 Å². The third kappa shape index (κ3) is 7.78. The minimum absolute atomic E-state index is 0.101. The van der Waals surface area contributed by atoms with Crippen LogP contribution in [0.1, 0.15) is 45.2 Å². The Labute approximate surface area is 228 Å². The van der Waals surface area contributed by atoms with Crippen LogP contribution in [0.2, 0.25) is 0 Å². The standard InChI is InChI=1S/C31H39N3O3S/c1-6-33(23-26-11-9-7-8-10-21-32-22-20-26)30(35)24-34(28-16-12-25(2)13-17-28)38(36,37)29-18-14-27(15-19-29)31(3,4)5/h7-10,12-20,22H,6,11,21,23-24H2,1-5H3/b9-7-,10-8-,26-20+,32-22?. The Balaban J connectivity index is 1.91. The molecule has 0 N–H and O–H groups in total. The Hall–Kier alpha value is -3.45. The van der Waals surface area contributed by atoms with Gasteiger partial charge in [0.2, 0.25) is 5.91 Å². The molecule has 3 rings (SSSR count). The lowest BCUT2D eigenvalue weighted by Gasteiger charge is -2.29. The minimum atomic E-state index is -3.99. The van der Waals surface area contributed by atoms with Crippen molar-refractivity contribution in [3.05, 3.63) is 95.6 Å². The number of carbonyl (C=O) groups is 1. The number of aliphatic imine (C=N–C) groups is 1. The van der Waals surface area contributed by atoms with E-state index in [0.29, 0.717) is 31.7 Å². The number of benzene rings is 2. The first-order valence-corrected chi connectivity index (χ1v) is 14.4. The lowest BCUT2D eigenvalue weighted by atomic mass is 9.87. The molecular weight excluding hydrogens is 494 g/mol. The molecule has 0 unspecified atom stereocenters. The van der Waals surface area contributed by atoms with E-state index in [-0.39, 0.29) is 22.8 Å². The zero-order valence-corrected chi connectivity index (χ0v) is 23.9. The molecule has 1 amide bonds. The zero-order valence-electron chi connectivity index (χ0n) is 23.1. The first-order valence-electron chi connectivity index (χ1n) is 13.0. The van der Waals surface area contributed by atoms with Gasteiger partial charge in [-0.15, -0.1) is 0 Å². The van der Waals surface area contributed by atoms with Crippen molar-refractivity contribution in [2.75, 3.05) is 30.5 Å². The van der Waals surface area contributed by atoms with Gasteiger partial charge in [-0.3, -0.25) is 14.1 Å². The Kier molecular flexibility index (Phi) is 9.86. The van der Waals surface area contributed by atoms with Gasteiger partial charge in [-0.05, 0) is 67.2 Å². The average Bonchev–Trinajstić information content (AvgIpc) is 2.89. The monoisotopic (exact) mass is 533 g/mol. The van der Waals surface area contributed by atoms with Crippen LogP contribution in [-0.2, 0) is 20.2 Å². The summed E-state index contributed by atoms with van der Waals surface area (Å²) in [6.45, 7) is 11.3. The van der Waals surface area contributed by atoms with E-state index in [1.165, 1.54) is 4.31 Å². The molecule has 2 aromatic rings. The number of aryl methyl sites for hydroxylation is 1. The lowest BCUT2D eigenvalue weighted by molar-refractivity contribution is -0.128. The molecule has 0 atom stereocenters. The summed E-state index contributed by atoms with van der Waals surface area (Å²) in [4.78, 5) is 19.7. The highest BCUT2D eigenvalue weighted by Gasteiger charge is 2.29. The number of carbonyl (C=O) groups excluding carboxylic acids is 1. The molecule has 2 aromatic carbocycles. The van der Waals surface area contributed by atoms with Crippen LogP contribution < -0.4 is 4.31 Å². The quantitative estimate of drug-likeness (QED) is 0.427. The minimum Gasteiger partial charge on any atom is -0.337 e. The summed E-state index contributed by atoms with van der Waals surface area (Å²) in [5, 5.41) is 0. The van der Waals surface area contributed by atoms with Gasteiger partial charge in [0.1, 0.15) is 6.54 Å². The number of sulfonamides is 1. The predicted octanol–water partition coefficient (Wildman–Crippen LogP) is 5.85. The van der Waals surface area contributed by atoms with Gasteiger partial charge in [0.05, 0.1) is 17.1 Å². The van der Waals surface area contributed by atoms with Crippen molar-refractivity contribution in [1.82, 2.24) is 4.90 Å². The van der Waals surface area contributed by atoms with Crippen molar-refractivity contribution in [2.45, 2.75) is 51.3 Å². The number of hydrogen-bond donors (Lipinski definition) is 0. The van der Waals surface area contributed by atoms with Crippen LogP contribution in [0, 0.1) is 6.92 Å². The summed E-state index contributed by atoms with van der Waals surface area (Å²) in [7, 11) is -3.99. The van der Waals surface area contributed by atoms with Gasteiger partial charge >= 0.3 is 0 Å². The maximum absolute atomic E-state index is 13.9. The Morgan fingerprint density at radius 2 is 1.63 bits per heavy atom. The fourth-order valence-corrected chi connectivity index (χ4v) is 5.44. The van der Waals surface area contributed by atoms with Crippen LogP contribution in [0.5, 0.6) is 0 Å². The van der Waals surface area contributed by atoms with Gasteiger partial charge in [-0.25, -0.2) is 8.42 Å². The predicted molar refractivity (Wildman–Crippen MR) is 157 cm³/mol. The first kappa shape index (κ1) is 29.1. The lowest BCUT2D eigenvalue weighted by Crippen LogP contribution is -2.43. The summed E-state index contributed by atoms with van der Waals surface area (Å²) in [5.74, 6) is -0.262. The summed E-state index contributed by atoms with van der Waals surface area (Å²) in [6, 6.07) is 14.2. The third-order valence-corrected chi connectivity index (χ3v) is 8.22. The maximum atomic E-state index is 13.9. The van der Waals surface area contributed by atoms with Gasteiger partial charge in [0, 0.05) is 19.3 Å². The average molecular weight is 534 g/mol. The highest BCUT2D eigenvalue weighted by Crippen LogP contribution is 2.27. The molecule has 0 radical (unpaired) electrons. The van der Waals surface area contributed by atoms with Crippen LogP contribution in [0.25, 0.3) is 0 Å². The van der Waals surface area contributed by atoms with Crippen LogP contribution in [0.4, 0.5) is 5.69 Å². The molecule has 6 nitrogen and oxygen atoms in total. The molecule has 0 bridgehead atoms. The topological polar surface area (TPSA) is 70.1 Å². The largest absolute Gasteiger partial charge is 0.337 e. The van der Waals surface area contributed by atoms with Crippen molar-refractivity contribution in [3.63, 3.8) is 0 Å². The van der Waals surface area contributed by atoms with E-state index >= 15 is 0 Å². The Morgan fingerprint density at radius 1 is 0.974 bits per heavy atom. The summed E-state index contributed by atoms with van der Waals surface area (Å²) >= 11 is 0. The van der Waals surface area contributed by atoms with Gasteiger partial charge in [0.25, 0.3) is 10.0 Å². The van der Waals surface area contributed by atoms with Gasteiger partial charge < -0.3 is 4.90 Å². The molecule has 202 valence electrons. The van der Waals surface area contributed by atoms with Crippen molar-refractivity contribution in [3.8, 4) is 0 Å². The summed E-state index contributed by atoms with van der Waals surface area (Å²) < 4.78 is 29.0. The third-order valence-electron chi connectivity index (χ3n) is 6.43. The zero-order chi connectivity index (χ0) is 27.8. The summed E-state index contributed by atoms with van der Waals surface area (Å²) in [5.41, 5.74) is 3.43. The first-order chi connectivity index (χ1) is 18.0. The Morgan fingerprint density at radius 3 is 2.26 bits per heavy atom. The van der Waals surface area contributed by atoms with E-state index in [9.17, 15) is 13.2 Å². The van der Waals surface area contributed by atoms with Crippen molar-refractivity contribution in [1.29, 1.82) is 0 Å². The fourth-order valence-electron chi connectivity index (χ4n) is 4.03. The molecule has 0 saturated heterocycles. The molecule has 0 aliphatic carbocycles. The van der Waals surface area contributed by atoms with Gasteiger partial charge in [-0.1, -0.05) is 74.9 Å². The number of nitrogens with zero attached hydrogens (tertiary/aromatic N) is 3. The van der Waals surface area contributed by atoms with Crippen LogP contribution in [0.15, 0.2) is 94.4 Å². The molecule has 0 aromatic heterocycles. The molecule has 7 heteroatoms. The second kappa shape index (κ2) is 12.9. The molecule has 1 heterocycles. The highest BCUT2D eigenvalue weighted by molar-refractivity contribution is 7.92. The SMILES string of the molecule is CCN(C/C1=C/C=NC/C=C\C=C/C1)C(=O)CN(c1ccc(C)cc1)S(=O)(=O)c1ccc(C(C)(C)C)cc1. The second-order valence-corrected chi connectivity index (χ2v) is 12.3. The number of amides is 1. The van der Waals surface area contributed by atoms with Crippen LogP contribution >= 0.6 is 0 Å². The molecule has 0 saturated carbocycles. The maximum Gasteiger partial charge on any atom is 0.264 e. The number of likely N-dealkylation sites (N-methyl/N-ethyl adjacent to an activating group) is 1. The van der Waals surface area contributed by atoms with Crippen molar-refractivity contribution in [2.24, 2.45) is 4.99 Å². The normalized spacial score (nSPS) is 17.2. The van der Waals surface area contributed by atoms with E-state index in [2.05, 4.69) is 25.8 Å². The molecule has 0 fully saturated rings. The number of rotatable bonds is 8. The molecule has 1 aliphatic heterocycles. The van der Waals surface area contributed by atoms with Crippen LogP contribution in [-0.4, -0.2) is 51.6 Å². The van der Waals surface area contributed by atoms with Crippen LogP contribution in [0.3, 0.4) is 0 Å². The van der Waals surface area contributed by atoms with E-state index in [0.717, 1.165) is 16.7 Å². The van der Waals surface area contributed by atoms with E-state index in [1.54, 1.807) is 35.4 Å². The van der Waals surface area contributed by atoms with Gasteiger partial charge in [-0.2, -0.15) is 0 Å². The van der Waals surface area contributed by atoms with E-state index in [1.807, 2.05) is 68.5 Å². The molecular formula is C31H39N3O3S. The number of allylic oxidation sites excluding steroid dienone is 4.